The Balaban J connectivity index is 1.79. The number of hydroxylamine groups is 2. The third kappa shape index (κ3) is 2.45. The van der Waals surface area contributed by atoms with Gasteiger partial charge in [-0.15, -0.1) is 0 Å². The van der Waals surface area contributed by atoms with Crippen LogP contribution in [0.5, 0.6) is 0 Å². The Morgan fingerprint density at radius 3 is 3.07 bits per heavy atom. The number of amides is 1. The second-order valence-corrected chi connectivity index (χ2v) is 4.04. The minimum atomic E-state index is 0.142. The fourth-order valence-corrected chi connectivity index (χ4v) is 2.03. The van der Waals surface area contributed by atoms with Crippen molar-refractivity contribution in [1.29, 1.82) is 0 Å². The Labute approximate surface area is 84.6 Å². The van der Waals surface area contributed by atoms with E-state index >= 15 is 0 Å². The van der Waals surface area contributed by atoms with Gasteiger partial charge in [-0.05, 0) is 25.8 Å². The zero-order chi connectivity index (χ0) is 9.80. The first-order valence-electron chi connectivity index (χ1n) is 5.53. The van der Waals surface area contributed by atoms with Gasteiger partial charge < -0.3 is 5.32 Å². The summed E-state index contributed by atoms with van der Waals surface area (Å²) < 4.78 is 0. The van der Waals surface area contributed by atoms with E-state index in [0.717, 1.165) is 25.9 Å². The van der Waals surface area contributed by atoms with Crippen LogP contribution in [0.15, 0.2) is 0 Å². The van der Waals surface area contributed by atoms with E-state index in [1.807, 2.05) is 0 Å². The lowest BCUT2D eigenvalue weighted by molar-refractivity contribution is -0.200. The van der Waals surface area contributed by atoms with Crippen molar-refractivity contribution in [3.8, 4) is 0 Å². The molecule has 1 amide bonds. The zero-order valence-corrected chi connectivity index (χ0v) is 8.50. The van der Waals surface area contributed by atoms with E-state index in [2.05, 4.69) is 5.32 Å². The summed E-state index contributed by atoms with van der Waals surface area (Å²) in [5.41, 5.74) is 0. The molecule has 0 aromatic heterocycles. The second-order valence-electron chi connectivity index (χ2n) is 4.04. The number of piperidine rings is 1. The van der Waals surface area contributed by atoms with Crippen LogP contribution in [-0.2, 0) is 9.63 Å². The maximum absolute atomic E-state index is 11.4. The summed E-state index contributed by atoms with van der Waals surface area (Å²) >= 11 is 0. The molecule has 0 aliphatic carbocycles. The SMILES string of the molecule is O=C1CCCON1CC1CCCCN1. The van der Waals surface area contributed by atoms with Gasteiger partial charge >= 0.3 is 0 Å². The number of carbonyl (C=O) groups excluding carboxylic acids is 1. The fraction of sp³-hybridized carbons (Fsp3) is 0.900. The van der Waals surface area contributed by atoms with Gasteiger partial charge in [0.1, 0.15) is 0 Å². The molecule has 2 fully saturated rings. The van der Waals surface area contributed by atoms with Gasteiger partial charge in [-0.3, -0.25) is 9.63 Å². The lowest BCUT2D eigenvalue weighted by atomic mass is 10.0. The highest BCUT2D eigenvalue weighted by Gasteiger charge is 2.23. The molecule has 0 saturated carbocycles. The summed E-state index contributed by atoms with van der Waals surface area (Å²) in [6.07, 6.45) is 5.19. The minimum absolute atomic E-state index is 0.142. The van der Waals surface area contributed by atoms with Gasteiger partial charge in [-0.25, -0.2) is 5.06 Å². The molecule has 2 rings (SSSR count). The van der Waals surface area contributed by atoms with Crippen LogP contribution in [0.2, 0.25) is 0 Å². The minimum Gasteiger partial charge on any atom is -0.312 e. The normalized spacial score (nSPS) is 29.3. The average molecular weight is 198 g/mol. The van der Waals surface area contributed by atoms with Gasteiger partial charge in [0, 0.05) is 12.5 Å². The molecule has 1 N–H and O–H groups in total. The summed E-state index contributed by atoms with van der Waals surface area (Å²) in [6, 6.07) is 0.436. The van der Waals surface area contributed by atoms with Crippen molar-refractivity contribution >= 4 is 5.91 Å². The van der Waals surface area contributed by atoms with E-state index in [1.165, 1.54) is 12.8 Å². The van der Waals surface area contributed by atoms with Gasteiger partial charge in [0.25, 0.3) is 0 Å². The molecular weight excluding hydrogens is 180 g/mol. The van der Waals surface area contributed by atoms with Crippen molar-refractivity contribution < 1.29 is 9.63 Å². The number of rotatable bonds is 2. The first kappa shape index (κ1) is 9.93. The van der Waals surface area contributed by atoms with Crippen molar-refractivity contribution in [2.75, 3.05) is 19.7 Å². The van der Waals surface area contributed by atoms with Gasteiger partial charge in [0.2, 0.25) is 5.91 Å². The molecule has 1 unspecified atom stereocenters. The number of nitrogens with zero attached hydrogens (tertiary/aromatic N) is 1. The molecule has 14 heavy (non-hydrogen) atoms. The fourth-order valence-electron chi connectivity index (χ4n) is 2.03. The lowest BCUT2D eigenvalue weighted by Crippen LogP contribution is -2.47. The third-order valence-electron chi connectivity index (χ3n) is 2.86. The molecule has 0 radical (unpaired) electrons. The largest absolute Gasteiger partial charge is 0.312 e. The standard InChI is InChI=1S/C10H18N2O2/c13-10-5-3-7-14-12(10)8-9-4-1-2-6-11-9/h9,11H,1-8H2. The topological polar surface area (TPSA) is 41.6 Å². The van der Waals surface area contributed by atoms with Crippen LogP contribution in [0, 0.1) is 0 Å². The van der Waals surface area contributed by atoms with E-state index in [9.17, 15) is 4.79 Å². The van der Waals surface area contributed by atoms with Gasteiger partial charge in [0.05, 0.1) is 13.2 Å². The number of hydrogen-bond donors (Lipinski definition) is 1. The highest BCUT2D eigenvalue weighted by Crippen LogP contribution is 2.12. The van der Waals surface area contributed by atoms with Crippen LogP contribution in [-0.4, -0.2) is 36.7 Å². The molecule has 2 aliphatic rings. The summed E-state index contributed by atoms with van der Waals surface area (Å²) in [4.78, 5) is 16.8. The van der Waals surface area contributed by atoms with Crippen LogP contribution in [0.3, 0.4) is 0 Å². The molecular formula is C10H18N2O2. The quantitative estimate of drug-likeness (QED) is 0.709. The average Bonchev–Trinajstić information content (AvgIpc) is 2.23. The van der Waals surface area contributed by atoms with Crippen LogP contribution in [0.1, 0.15) is 32.1 Å². The van der Waals surface area contributed by atoms with Gasteiger partial charge in [-0.1, -0.05) is 6.42 Å². The highest BCUT2D eigenvalue weighted by molar-refractivity contribution is 5.75. The van der Waals surface area contributed by atoms with Crippen molar-refractivity contribution in [3.63, 3.8) is 0 Å². The number of carbonyl (C=O) groups is 1. The molecule has 2 heterocycles. The first-order chi connectivity index (χ1) is 6.86. The molecule has 0 spiro atoms. The van der Waals surface area contributed by atoms with E-state index in [0.29, 0.717) is 19.1 Å². The Bertz CT molecular complexity index is 202. The molecule has 0 aromatic carbocycles. The van der Waals surface area contributed by atoms with E-state index < -0.39 is 0 Å². The smallest absolute Gasteiger partial charge is 0.246 e. The molecule has 0 bridgehead atoms. The van der Waals surface area contributed by atoms with Crippen molar-refractivity contribution in [3.05, 3.63) is 0 Å². The van der Waals surface area contributed by atoms with E-state index in [-0.39, 0.29) is 5.91 Å². The van der Waals surface area contributed by atoms with Crippen LogP contribution in [0.4, 0.5) is 0 Å². The maximum atomic E-state index is 11.4. The predicted molar refractivity (Wildman–Crippen MR) is 52.5 cm³/mol. The lowest BCUT2D eigenvalue weighted by Gasteiger charge is -2.31. The summed E-state index contributed by atoms with van der Waals surface area (Å²) in [7, 11) is 0. The highest BCUT2D eigenvalue weighted by atomic mass is 16.7. The Morgan fingerprint density at radius 1 is 1.43 bits per heavy atom. The monoisotopic (exact) mass is 198 g/mol. The summed E-state index contributed by atoms with van der Waals surface area (Å²) in [6.45, 7) is 2.49. The van der Waals surface area contributed by atoms with Crippen LogP contribution < -0.4 is 5.32 Å². The summed E-state index contributed by atoms with van der Waals surface area (Å²) in [5.74, 6) is 0.142. The van der Waals surface area contributed by atoms with Crippen LogP contribution >= 0.6 is 0 Å². The van der Waals surface area contributed by atoms with Gasteiger partial charge in [0.15, 0.2) is 0 Å². The Kier molecular flexibility index (Phi) is 3.37. The predicted octanol–water partition coefficient (Wildman–Crippen LogP) is 0.682. The molecule has 80 valence electrons. The maximum Gasteiger partial charge on any atom is 0.246 e. The molecule has 1 atom stereocenters. The molecule has 2 saturated heterocycles. The van der Waals surface area contributed by atoms with Crippen LogP contribution in [0.25, 0.3) is 0 Å². The number of nitrogens with one attached hydrogen (secondary N) is 1. The zero-order valence-electron chi connectivity index (χ0n) is 8.50. The van der Waals surface area contributed by atoms with Crippen molar-refractivity contribution in [1.82, 2.24) is 10.4 Å². The van der Waals surface area contributed by atoms with Gasteiger partial charge in [-0.2, -0.15) is 0 Å². The first-order valence-corrected chi connectivity index (χ1v) is 5.53. The molecule has 4 heteroatoms. The molecule has 0 aromatic rings. The summed E-state index contributed by atoms with van der Waals surface area (Å²) in [5, 5.41) is 4.96. The van der Waals surface area contributed by atoms with Crippen molar-refractivity contribution in [2.45, 2.75) is 38.1 Å². The van der Waals surface area contributed by atoms with E-state index in [4.69, 9.17) is 4.84 Å². The second kappa shape index (κ2) is 4.75. The molecule has 4 nitrogen and oxygen atoms in total. The third-order valence-corrected chi connectivity index (χ3v) is 2.86. The van der Waals surface area contributed by atoms with E-state index in [1.54, 1.807) is 5.06 Å². The Hall–Kier alpha value is -0.610. The van der Waals surface area contributed by atoms with Crippen molar-refractivity contribution in [2.24, 2.45) is 0 Å². The molecule has 2 aliphatic heterocycles. The number of hydrogen-bond acceptors (Lipinski definition) is 3. The Morgan fingerprint density at radius 2 is 2.36 bits per heavy atom.